The number of para-hydroxylation sites is 1. The number of H-pyrrole nitrogens is 1. The van der Waals surface area contributed by atoms with Crippen LogP contribution in [0.5, 0.6) is 0 Å². The molecule has 0 aliphatic carbocycles. The number of aromatic amines is 1. The second-order valence-corrected chi connectivity index (χ2v) is 7.09. The lowest BCUT2D eigenvalue weighted by Gasteiger charge is -2.17. The number of hydrogen-bond acceptors (Lipinski definition) is 5. The number of carbonyl (C=O) groups excluding carboxylic acids is 2. The molecule has 1 unspecified atom stereocenters. The number of pyridine rings is 2. The van der Waals surface area contributed by atoms with Gasteiger partial charge in [-0.05, 0) is 18.6 Å². The average molecular weight is 429 g/mol. The molecular formula is C25H23N3O4. The lowest BCUT2D eigenvalue weighted by molar-refractivity contribution is -0.392. The maximum absolute atomic E-state index is 13.5. The number of fused-ring (bicyclic) bond motifs is 1. The molecule has 0 radical (unpaired) electrons. The predicted molar refractivity (Wildman–Crippen MR) is 119 cm³/mol. The molecule has 1 amide bonds. The number of benzene rings is 2. The summed E-state index contributed by atoms with van der Waals surface area (Å²) in [5, 5.41) is 3.56. The van der Waals surface area contributed by atoms with E-state index in [0.717, 1.165) is 22.2 Å². The maximum Gasteiger partial charge on any atom is 0.339 e. The molecule has 1 atom stereocenters. The molecule has 162 valence electrons. The van der Waals surface area contributed by atoms with Gasteiger partial charge in [0.2, 0.25) is 11.7 Å². The van der Waals surface area contributed by atoms with Crippen LogP contribution >= 0.6 is 0 Å². The molecule has 0 spiro atoms. The summed E-state index contributed by atoms with van der Waals surface area (Å²) in [6, 6.07) is 21.6. The summed E-state index contributed by atoms with van der Waals surface area (Å²) in [5.41, 5.74) is 4.10. The number of esters is 1. The van der Waals surface area contributed by atoms with Crippen molar-refractivity contribution in [1.82, 2.24) is 10.3 Å². The van der Waals surface area contributed by atoms with Crippen LogP contribution in [0.4, 0.5) is 0 Å². The van der Waals surface area contributed by atoms with Crippen molar-refractivity contribution in [3.8, 4) is 11.3 Å². The van der Waals surface area contributed by atoms with Crippen molar-refractivity contribution in [3.63, 3.8) is 0 Å². The summed E-state index contributed by atoms with van der Waals surface area (Å²) in [4.78, 5) is 33.8. The van der Waals surface area contributed by atoms with Crippen molar-refractivity contribution in [2.45, 2.75) is 13.0 Å². The average Bonchev–Trinajstić information content (AvgIpc) is 2.82. The van der Waals surface area contributed by atoms with Crippen molar-refractivity contribution >= 4 is 22.8 Å². The van der Waals surface area contributed by atoms with Gasteiger partial charge in [0.15, 0.2) is 6.20 Å². The monoisotopic (exact) mass is 429 g/mol. The molecule has 0 aliphatic rings. The van der Waals surface area contributed by atoms with Crippen molar-refractivity contribution in [2.75, 3.05) is 7.11 Å². The summed E-state index contributed by atoms with van der Waals surface area (Å²) in [7, 11) is 1.30. The van der Waals surface area contributed by atoms with Gasteiger partial charge in [0.25, 0.3) is 5.91 Å². The van der Waals surface area contributed by atoms with Crippen LogP contribution in [0.3, 0.4) is 0 Å². The lowest BCUT2D eigenvalue weighted by atomic mass is 9.97. The fourth-order valence-electron chi connectivity index (χ4n) is 3.65. The minimum atomic E-state index is -0.967. The van der Waals surface area contributed by atoms with E-state index < -0.39 is 12.0 Å². The Morgan fingerprint density at radius 1 is 0.969 bits per heavy atom. The number of aromatic nitrogens is 2. The van der Waals surface area contributed by atoms with E-state index in [2.05, 4.69) is 10.3 Å². The van der Waals surface area contributed by atoms with Crippen LogP contribution in [0.25, 0.3) is 22.2 Å². The Labute approximate surface area is 185 Å². The Balaban J connectivity index is 0.00000289. The zero-order chi connectivity index (χ0) is 21.8. The topological polar surface area (TPSA) is 112 Å². The maximum atomic E-state index is 13.5. The van der Waals surface area contributed by atoms with Crippen molar-refractivity contribution < 1.29 is 24.8 Å². The molecule has 2 aromatic heterocycles. The largest absolute Gasteiger partial charge is 0.870 e. The summed E-state index contributed by atoms with van der Waals surface area (Å²) >= 11 is 0. The van der Waals surface area contributed by atoms with Gasteiger partial charge in [-0.15, -0.1) is 0 Å². The van der Waals surface area contributed by atoms with Gasteiger partial charge in [0, 0.05) is 23.1 Å². The molecule has 0 aliphatic heterocycles. The summed E-state index contributed by atoms with van der Waals surface area (Å²) in [6.45, 7) is 1.87. The molecule has 2 aromatic carbocycles. The number of hydrogen-bond donors (Lipinski definition) is 1. The van der Waals surface area contributed by atoms with E-state index in [4.69, 9.17) is 9.72 Å². The van der Waals surface area contributed by atoms with Gasteiger partial charge in [-0.2, -0.15) is 0 Å². The van der Waals surface area contributed by atoms with E-state index in [1.54, 1.807) is 24.4 Å². The molecule has 4 rings (SSSR count). The third-order valence-electron chi connectivity index (χ3n) is 5.17. The molecule has 2 heterocycles. The normalized spacial score (nSPS) is 11.3. The summed E-state index contributed by atoms with van der Waals surface area (Å²) in [6.07, 6.45) is 1.69. The SMILES string of the molecule is COC(=O)C(NC(=O)c1c(C)c(-c2ccccc2)nc2ccccc12)c1cccc[nH+]1.[OH-]. The first-order chi connectivity index (χ1) is 15.1. The Morgan fingerprint density at radius 2 is 1.66 bits per heavy atom. The third kappa shape index (κ3) is 4.33. The number of nitrogens with zero attached hydrogens (tertiary/aromatic N) is 1. The minimum Gasteiger partial charge on any atom is -0.870 e. The van der Waals surface area contributed by atoms with Gasteiger partial charge < -0.3 is 15.5 Å². The lowest BCUT2D eigenvalue weighted by Crippen LogP contribution is -2.38. The predicted octanol–water partition coefficient (Wildman–Crippen LogP) is 3.49. The van der Waals surface area contributed by atoms with Gasteiger partial charge >= 0.3 is 5.97 Å². The number of rotatable bonds is 5. The molecule has 0 saturated carbocycles. The van der Waals surface area contributed by atoms with E-state index in [9.17, 15) is 9.59 Å². The van der Waals surface area contributed by atoms with Gasteiger partial charge in [0.1, 0.15) is 0 Å². The molecule has 32 heavy (non-hydrogen) atoms. The molecule has 4 aromatic rings. The number of ether oxygens (including phenoxy) is 1. The first-order valence-corrected chi connectivity index (χ1v) is 9.90. The van der Waals surface area contributed by atoms with E-state index in [-0.39, 0.29) is 11.4 Å². The molecule has 0 fully saturated rings. The van der Waals surface area contributed by atoms with E-state index in [1.807, 2.05) is 61.5 Å². The second kappa shape index (κ2) is 9.80. The van der Waals surface area contributed by atoms with E-state index in [1.165, 1.54) is 7.11 Å². The highest BCUT2D eigenvalue weighted by atomic mass is 16.5. The van der Waals surface area contributed by atoms with Crippen molar-refractivity contribution in [1.29, 1.82) is 0 Å². The molecular weight excluding hydrogens is 406 g/mol. The summed E-state index contributed by atoms with van der Waals surface area (Å²) < 4.78 is 4.93. The number of nitrogens with one attached hydrogen (secondary N) is 2. The van der Waals surface area contributed by atoms with Crippen LogP contribution in [0.1, 0.15) is 27.7 Å². The van der Waals surface area contributed by atoms with Crippen LogP contribution in [0, 0.1) is 6.92 Å². The Bertz CT molecular complexity index is 1240. The van der Waals surface area contributed by atoms with Gasteiger partial charge in [-0.3, -0.25) is 4.79 Å². The zero-order valence-corrected chi connectivity index (χ0v) is 17.7. The standard InChI is InChI=1S/C25H21N3O3.H2O/c1-16-21(24(29)28-23(25(30)31-2)20-14-8-9-15-26-20)18-12-6-7-13-19(18)27-22(16)17-10-4-3-5-11-17;/h3-15,23H,1-2H3,(H,28,29);1H2. The first-order valence-electron chi connectivity index (χ1n) is 9.90. The van der Waals surface area contributed by atoms with Crippen molar-refractivity contribution in [3.05, 3.63) is 95.8 Å². The zero-order valence-electron chi connectivity index (χ0n) is 17.7. The number of methoxy groups -OCH3 is 1. The number of carbonyl (C=O) groups is 2. The van der Waals surface area contributed by atoms with Crippen molar-refractivity contribution in [2.24, 2.45) is 0 Å². The second-order valence-electron chi connectivity index (χ2n) is 7.09. The fraction of sp³-hybridized carbons (Fsp3) is 0.120. The number of amides is 1. The van der Waals surface area contributed by atoms with Gasteiger partial charge in [0.05, 0.1) is 23.9 Å². The first kappa shape index (κ1) is 22.6. The van der Waals surface area contributed by atoms with E-state index in [0.29, 0.717) is 16.8 Å². The molecule has 3 N–H and O–H groups in total. The van der Waals surface area contributed by atoms with Gasteiger partial charge in [-0.25, -0.2) is 14.8 Å². The van der Waals surface area contributed by atoms with Crippen LogP contribution in [0.2, 0.25) is 0 Å². The smallest absolute Gasteiger partial charge is 0.339 e. The van der Waals surface area contributed by atoms with Crippen LogP contribution in [-0.4, -0.2) is 29.4 Å². The van der Waals surface area contributed by atoms with E-state index >= 15 is 0 Å². The third-order valence-corrected chi connectivity index (χ3v) is 5.17. The molecule has 7 heteroatoms. The van der Waals surface area contributed by atoms with Crippen LogP contribution < -0.4 is 10.3 Å². The minimum absolute atomic E-state index is 0. The Hall–Kier alpha value is -4.10. The Morgan fingerprint density at radius 3 is 2.34 bits per heavy atom. The molecule has 7 nitrogen and oxygen atoms in total. The fourth-order valence-corrected chi connectivity index (χ4v) is 3.65. The van der Waals surface area contributed by atoms with Crippen LogP contribution in [0.15, 0.2) is 79.0 Å². The Kier molecular flexibility index (Phi) is 6.92. The van der Waals surface area contributed by atoms with Gasteiger partial charge in [-0.1, -0.05) is 54.6 Å². The molecule has 0 saturated heterocycles. The quantitative estimate of drug-likeness (QED) is 0.488. The van der Waals surface area contributed by atoms with Crippen LogP contribution in [-0.2, 0) is 9.53 Å². The summed E-state index contributed by atoms with van der Waals surface area (Å²) in [5.74, 6) is -0.934. The highest BCUT2D eigenvalue weighted by Crippen LogP contribution is 2.30. The highest BCUT2D eigenvalue weighted by molar-refractivity contribution is 6.09. The molecule has 0 bridgehead atoms. The highest BCUT2D eigenvalue weighted by Gasteiger charge is 2.30.